The first kappa shape index (κ1) is 18.7. The van der Waals surface area contributed by atoms with Gasteiger partial charge in [0, 0.05) is 6.04 Å². The molecule has 0 aromatic heterocycles. The third kappa shape index (κ3) is 5.19. The molecule has 0 spiro atoms. The molecule has 1 N–H and O–H groups in total. The Bertz CT molecular complexity index is 1010. The number of ether oxygens (including phenoxy) is 1. The molecule has 6 nitrogen and oxygen atoms in total. The zero-order chi connectivity index (χ0) is 19.3. The first-order chi connectivity index (χ1) is 12.9. The minimum absolute atomic E-state index is 0.0580. The highest BCUT2D eigenvalue weighted by atomic mass is 32.2. The number of carbonyl (C=O) groups is 1. The molecule has 2 aromatic carbocycles. The van der Waals surface area contributed by atoms with Crippen LogP contribution in [0.25, 0.3) is 6.08 Å². The Hall–Kier alpha value is -3.11. The van der Waals surface area contributed by atoms with Gasteiger partial charge in [0.05, 0.1) is 11.5 Å². The molecule has 1 unspecified atom stereocenters. The minimum Gasteiger partial charge on any atom is -0.457 e. The minimum atomic E-state index is -3.10. The summed E-state index contributed by atoms with van der Waals surface area (Å²) in [7, 11) is -3.10. The van der Waals surface area contributed by atoms with E-state index in [-0.39, 0.29) is 17.1 Å². The van der Waals surface area contributed by atoms with E-state index in [9.17, 15) is 18.5 Å². The molecule has 27 heavy (non-hydrogen) atoms. The highest BCUT2D eigenvalue weighted by Crippen LogP contribution is 2.23. The second-order valence-corrected chi connectivity index (χ2v) is 8.46. The van der Waals surface area contributed by atoms with Crippen molar-refractivity contribution in [2.75, 3.05) is 11.5 Å². The highest BCUT2D eigenvalue weighted by molar-refractivity contribution is 7.91. The number of sulfone groups is 1. The summed E-state index contributed by atoms with van der Waals surface area (Å²) < 4.78 is 28.7. The van der Waals surface area contributed by atoms with E-state index in [4.69, 9.17) is 4.74 Å². The van der Waals surface area contributed by atoms with Gasteiger partial charge in [0.25, 0.3) is 5.91 Å². The topological polar surface area (TPSA) is 96.3 Å². The Labute approximate surface area is 158 Å². The van der Waals surface area contributed by atoms with E-state index < -0.39 is 21.8 Å². The highest BCUT2D eigenvalue weighted by Gasteiger charge is 2.29. The van der Waals surface area contributed by atoms with Crippen molar-refractivity contribution >= 4 is 21.8 Å². The number of hydrogen-bond donors (Lipinski definition) is 1. The van der Waals surface area contributed by atoms with Crippen molar-refractivity contribution in [1.82, 2.24) is 5.32 Å². The second kappa shape index (κ2) is 8.06. The predicted molar refractivity (Wildman–Crippen MR) is 102 cm³/mol. The molecule has 1 amide bonds. The maximum absolute atomic E-state index is 12.3. The van der Waals surface area contributed by atoms with Gasteiger partial charge in [0.1, 0.15) is 23.1 Å². The zero-order valence-corrected chi connectivity index (χ0v) is 15.3. The Morgan fingerprint density at radius 3 is 2.56 bits per heavy atom. The molecule has 2 aromatic rings. The van der Waals surface area contributed by atoms with Crippen LogP contribution in [0.1, 0.15) is 12.0 Å². The van der Waals surface area contributed by atoms with E-state index >= 15 is 0 Å². The number of rotatable bonds is 5. The molecule has 0 aliphatic carbocycles. The van der Waals surface area contributed by atoms with Gasteiger partial charge in [-0.25, -0.2) is 8.42 Å². The maximum Gasteiger partial charge on any atom is 0.262 e. The zero-order valence-electron chi connectivity index (χ0n) is 14.5. The summed E-state index contributed by atoms with van der Waals surface area (Å²) >= 11 is 0. The van der Waals surface area contributed by atoms with E-state index in [1.54, 1.807) is 24.3 Å². The van der Waals surface area contributed by atoms with Gasteiger partial charge < -0.3 is 10.1 Å². The second-order valence-electron chi connectivity index (χ2n) is 6.23. The number of nitrogens with one attached hydrogen (secondary N) is 1. The summed E-state index contributed by atoms with van der Waals surface area (Å²) in [5, 5.41) is 11.9. The molecular weight excluding hydrogens is 364 g/mol. The molecule has 138 valence electrons. The lowest BCUT2D eigenvalue weighted by Gasteiger charge is -2.10. The molecule has 1 aliphatic heterocycles. The number of nitrogens with zero attached hydrogens (tertiary/aromatic N) is 1. The number of benzene rings is 2. The first-order valence-corrected chi connectivity index (χ1v) is 10.2. The van der Waals surface area contributed by atoms with Crippen LogP contribution in [-0.4, -0.2) is 31.9 Å². The van der Waals surface area contributed by atoms with Crippen LogP contribution in [0.2, 0.25) is 0 Å². The van der Waals surface area contributed by atoms with E-state index in [0.29, 0.717) is 23.5 Å². The van der Waals surface area contributed by atoms with Crippen LogP contribution in [0, 0.1) is 11.3 Å². The van der Waals surface area contributed by atoms with Crippen LogP contribution in [0.15, 0.2) is 60.2 Å². The summed E-state index contributed by atoms with van der Waals surface area (Å²) in [5.74, 6) is 0.656. The van der Waals surface area contributed by atoms with Crippen LogP contribution in [0.3, 0.4) is 0 Å². The summed E-state index contributed by atoms with van der Waals surface area (Å²) in [6.07, 6.45) is 1.82. The standard InChI is InChI=1S/C20H18N2O4S/c21-13-16(20(23)22-17-9-10-27(24,25)14-17)11-15-5-4-8-19(12-15)26-18-6-2-1-3-7-18/h1-8,11-12,17H,9-10,14H2,(H,22,23)/b16-11+. The fourth-order valence-corrected chi connectivity index (χ4v) is 4.45. The number of nitriles is 1. The molecule has 1 fully saturated rings. The summed E-state index contributed by atoms with van der Waals surface area (Å²) in [6.45, 7) is 0. The predicted octanol–water partition coefficient (Wildman–Crippen LogP) is 2.69. The maximum atomic E-state index is 12.3. The lowest BCUT2D eigenvalue weighted by atomic mass is 10.1. The molecule has 0 bridgehead atoms. The third-order valence-electron chi connectivity index (χ3n) is 4.08. The van der Waals surface area contributed by atoms with Crippen LogP contribution in [0.4, 0.5) is 0 Å². The van der Waals surface area contributed by atoms with Gasteiger partial charge in [-0.15, -0.1) is 0 Å². The van der Waals surface area contributed by atoms with Crippen molar-refractivity contribution < 1.29 is 17.9 Å². The quantitative estimate of drug-likeness (QED) is 0.633. The SMILES string of the molecule is N#C/C(=C\c1cccc(Oc2ccccc2)c1)C(=O)NC1CCS(=O)(=O)C1. The molecular formula is C20H18N2O4S. The normalized spacial score (nSPS) is 18.5. The number of amides is 1. The summed E-state index contributed by atoms with van der Waals surface area (Å²) in [6, 6.07) is 17.7. The van der Waals surface area contributed by atoms with E-state index in [0.717, 1.165) is 0 Å². The molecule has 1 saturated heterocycles. The van der Waals surface area contributed by atoms with Gasteiger partial charge in [-0.05, 0) is 42.3 Å². The molecule has 3 rings (SSSR count). The van der Waals surface area contributed by atoms with Gasteiger partial charge in [-0.3, -0.25) is 4.79 Å². The van der Waals surface area contributed by atoms with Gasteiger partial charge in [0.2, 0.25) is 0 Å². The molecule has 0 radical (unpaired) electrons. The Morgan fingerprint density at radius 1 is 1.15 bits per heavy atom. The van der Waals surface area contributed by atoms with E-state index in [1.807, 2.05) is 36.4 Å². The largest absolute Gasteiger partial charge is 0.457 e. The third-order valence-corrected chi connectivity index (χ3v) is 5.85. The Kier molecular flexibility index (Phi) is 5.57. The molecule has 0 saturated carbocycles. The lowest BCUT2D eigenvalue weighted by Crippen LogP contribution is -2.36. The molecule has 1 atom stereocenters. The fraction of sp³-hybridized carbons (Fsp3) is 0.200. The fourth-order valence-electron chi connectivity index (χ4n) is 2.78. The first-order valence-electron chi connectivity index (χ1n) is 8.41. The van der Waals surface area contributed by atoms with E-state index in [1.165, 1.54) is 6.08 Å². The summed E-state index contributed by atoms with van der Waals surface area (Å²) in [5.41, 5.74) is 0.547. The van der Waals surface area contributed by atoms with Crippen LogP contribution < -0.4 is 10.1 Å². The van der Waals surface area contributed by atoms with Crippen molar-refractivity contribution in [3.05, 3.63) is 65.7 Å². The lowest BCUT2D eigenvalue weighted by molar-refractivity contribution is -0.117. The van der Waals surface area contributed by atoms with Crippen LogP contribution in [0.5, 0.6) is 11.5 Å². The average molecular weight is 382 g/mol. The smallest absolute Gasteiger partial charge is 0.262 e. The number of para-hydroxylation sites is 1. The number of hydrogen-bond acceptors (Lipinski definition) is 5. The monoisotopic (exact) mass is 382 g/mol. The van der Waals surface area contributed by atoms with E-state index in [2.05, 4.69) is 5.32 Å². The Balaban J connectivity index is 1.72. The molecule has 1 aliphatic rings. The summed E-state index contributed by atoms with van der Waals surface area (Å²) in [4.78, 5) is 12.3. The average Bonchev–Trinajstić information content (AvgIpc) is 2.99. The van der Waals surface area contributed by atoms with Gasteiger partial charge >= 0.3 is 0 Å². The van der Waals surface area contributed by atoms with Gasteiger partial charge in [0.15, 0.2) is 9.84 Å². The Morgan fingerprint density at radius 2 is 1.89 bits per heavy atom. The van der Waals surface area contributed by atoms with Crippen molar-refractivity contribution in [1.29, 1.82) is 5.26 Å². The van der Waals surface area contributed by atoms with Crippen molar-refractivity contribution in [3.63, 3.8) is 0 Å². The van der Waals surface area contributed by atoms with Crippen molar-refractivity contribution in [2.45, 2.75) is 12.5 Å². The molecule has 1 heterocycles. The van der Waals surface area contributed by atoms with Crippen LogP contribution in [-0.2, 0) is 14.6 Å². The van der Waals surface area contributed by atoms with Gasteiger partial charge in [-0.2, -0.15) is 5.26 Å². The number of carbonyl (C=O) groups excluding carboxylic acids is 1. The van der Waals surface area contributed by atoms with Gasteiger partial charge in [-0.1, -0.05) is 30.3 Å². The molecule has 7 heteroatoms. The van der Waals surface area contributed by atoms with Crippen molar-refractivity contribution in [3.8, 4) is 17.6 Å². The van der Waals surface area contributed by atoms with Crippen LogP contribution >= 0.6 is 0 Å². The van der Waals surface area contributed by atoms with Crippen molar-refractivity contribution in [2.24, 2.45) is 0 Å².